The van der Waals surface area contributed by atoms with Gasteiger partial charge in [0.05, 0.1) is 23.7 Å². The van der Waals surface area contributed by atoms with Crippen LogP contribution in [0.25, 0.3) is 0 Å². The summed E-state index contributed by atoms with van der Waals surface area (Å²) in [6.45, 7) is -0.526. The Balaban J connectivity index is 2.18. The lowest BCUT2D eigenvalue weighted by molar-refractivity contribution is -0.357. The van der Waals surface area contributed by atoms with Crippen LogP contribution in [-0.4, -0.2) is 98.0 Å². The molecule has 2 heterocycles. The highest BCUT2D eigenvalue weighted by atomic mass is 35.5. The molecule has 9 atom stereocenters. The van der Waals surface area contributed by atoms with Crippen LogP contribution in [0.3, 0.4) is 0 Å². The lowest BCUT2D eigenvalue weighted by Crippen LogP contribution is -2.61. The second kappa shape index (κ2) is 7.84. The molecule has 136 valence electrons. The molecule has 2 fully saturated rings. The maximum absolute atomic E-state index is 10.1. The Bertz CT molecular complexity index is 403. The summed E-state index contributed by atoms with van der Waals surface area (Å²) in [5.41, 5.74) is 0. The number of hydrogen-bond donors (Lipinski definition) is 5. The lowest BCUT2D eigenvalue weighted by Gasteiger charge is -2.43. The minimum absolute atomic E-state index is 0.125. The zero-order chi connectivity index (χ0) is 17.4. The predicted molar refractivity (Wildman–Crippen MR) is 79.5 cm³/mol. The van der Waals surface area contributed by atoms with E-state index in [1.165, 1.54) is 0 Å². The summed E-state index contributed by atoms with van der Waals surface area (Å²) in [6, 6.07) is 0. The van der Waals surface area contributed by atoms with Crippen molar-refractivity contribution in [1.29, 1.82) is 0 Å². The van der Waals surface area contributed by atoms with E-state index in [0.717, 1.165) is 0 Å². The molecule has 8 unspecified atom stereocenters. The van der Waals surface area contributed by atoms with Crippen molar-refractivity contribution in [2.24, 2.45) is 0 Å². The third-order valence-corrected chi connectivity index (χ3v) is 5.17. The van der Waals surface area contributed by atoms with Crippen LogP contribution in [0.1, 0.15) is 0 Å². The Morgan fingerprint density at radius 2 is 1.65 bits per heavy atom. The van der Waals surface area contributed by atoms with Crippen molar-refractivity contribution in [3.05, 3.63) is 0 Å². The van der Waals surface area contributed by atoms with Gasteiger partial charge in [-0.3, -0.25) is 0 Å². The highest BCUT2D eigenvalue weighted by Crippen LogP contribution is 2.37. The summed E-state index contributed by atoms with van der Waals surface area (Å²) in [6.07, 6.45) is -9.39. The van der Waals surface area contributed by atoms with Crippen molar-refractivity contribution in [1.82, 2.24) is 0 Å². The zero-order valence-corrected chi connectivity index (χ0v) is 14.1. The van der Waals surface area contributed by atoms with Crippen molar-refractivity contribution in [3.63, 3.8) is 0 Å². The summed E-state index contributed by atoms with van der Waals surface area (Å²) in [4.78, 5) is 0. The molecule has 23 heavy (non-hydrogen) atoms. The number of rotatable bonds is 5. The molecule has 11 heteroatoms. The Morgan fingerprint density at radius 1 is 1.00 bits per heavy atom. The van der Waals surface area contributed by atoms with E-state index in [4.69, 9.17) is 49.0 Å². The van der Waals surface area contributed by atoms with E-state index < -0.39 is 66.6 Å². The monoisotopic (exact) mass is 396 g/mol. The number of aliphatic hydroxyl groups is 5. The zero-order valence-electron chi connectivity index (χ0n) is 11.8. The fourth-order valence-corrected chi connectivity index (χ4v) is 3.37. The molecule has 5 N–H and O–H groups in total. The maximum Gasteiger partial charge on any atom is 0.214 e. The molecule has 0 spiro atoms. The lowest BCUT2D eigenvalue weighted by atomic mass is 10.0. The molecule has 8 nitrogen and oxygen atoms in total. The van der Waals surface area contributed by atoms with Crippen molar-refractivity contribution in [2.75, 3.05) is 18.4 Å². The van der Waals surface area contributed by atoms with E-state index >= 15 is 0 Å². The van der Waals surface area contributed by atoms with Gasteiger partial charge in [-0.25, -0.2) is 0 Å². The largest absolute Gasteiger partial charge is 0.394 e. The number of hydrogen-bond acceptors (Lipinski definition) is 8. The smallest absolute Gasteiger partial charge is 0.214 e. The first-order chi connectivity index (χ1) is 10.8. The predicted octanol–water partition coefficient (Wildman–Crippen LogP) is -1.66. The molecular formula is C12H19Cl3O8. The fraction of sp³-hybridized carbons (Fsp3) is 1.00. The maximum atomic E-state index is 10.1. The van der Waals surface area contributed by atoms with Gasteiger partial charge in [0.25, 0.3) is 0 Å². The van der Waals surface area contributed by atoms with Gasteiger partial charge in [0, 0.05) is 0 Å². The molecule has 0 aromatic rings. The van der Waals surface area contributed by atoms with Crippen LogP contribution in [0.5, 0.6) is 0 Å². The summed E-state index contributed by atoms with van der Waals surface area (Å²) in [7, 11) is 0. The molecule has 0 radical (unpaired) electrons. The normalized spacial score (nSPS) is 51.1. The van der Waals surface area contributed by atoms with Gasteiger partial charge in [0.2, 0.25) is 5.79 Å². The number of ether oxygens (including phenoxy) is 3. The molecule has 0 amide bonds. The first-order valence-electron chi connectivity index (χ1n) is 6.91. The fourth-order valence-electron chi connectivity index (χ4n) is 2.56. The highest BCUT2D eigenvalue weighted by Gasteiger charge is 2.58. The quantitative estimate of drug-likeness (QED) is 0.349. The first-order valence-corrected chi connectivity index (χ1v) is 8.42. The summed E-state index contributed by atoms with van der Waals surface area (Å²) in [5.74, 6) is -2.43. The van der Waals surface area contributed by atoms with E-state index in [1.54, 1.807) is 0 Å². The van der Waals surface area contributed by atoms with Crippen LogP contribution in [0.15, 0.2) is 0 Å². The van der Waals surface area contributed by atoms with Crippen molar-refractivity contribution >= 4 is 34.8 Å². The van der Waals surface area contributed by atoms with E-state index in [9.17, 15) is 25.5 Å². The van der Waals surface area contributed by atoms with Crippen LogP contribution < -0.4 is 0 Å². The first kappa shape index (κ1) is 19.9. The standard InChI is InChI=1S/C12H19Cl3O8/c13-1-4-7(17)10(20)12(3-14,22-4)23-11-9(19)8(18)6(15)5(2-16)21-11/h4-11,16-20H,1-3H2/t4?,5?,6?,7?,8?,9?,10?,11?,12-/m1/s1. The van der Waals surface area contributed by atoms with Gasteiger partial charge in [-0.05, 0) is 0 Å². The van der Waals surface area contributed by atoms with Crippen molar-refractivity contribution < 1.29 is 39.7 Å². The van der Waals surface area contributed by atoms with E-state index in [0.29, 0.717) is 0 Å². The second-order valence-corrected chi connectivity index (χ2v) is 6.54. The van der Waals surface area contributed by atoms with Gasteiger partial charge in [0.1, 0.15) is 36.6 Å². The molecule has 0 bridgehead atoms. The van der Waals surface area contributed by atoms with Crippen LogP contribution in [0.4, 0.5) is 0 Å². The molecule has 0 aromatic heterocycles. The van der Waals surface area contributed by atoms with Crippen LogP contribution in [-0.2, 0) is 14.2 Å². The molecule has 2 saturated heterocycles. The Labute approximate surface area is 147 Å². The van der Waals surface area contributed by atoms with Crippen molar-refractivity contribution in [3.8, 4) is 0 Å². The highest BCUT2D eigenvalue weighted by molar-refractivity contribution is 6.21. The van der Waals surface area contributed by atoms with Gasteiger partial charge >= 0.3 is 0 Å². The van der Waals surface area contributed by atoms with Gasteiger partial charge in [-0.2, -0.15) is 0 Å². The third-order valence-electron chi connectivity index (χ3n) is 3.96. The molecule has 2 rings (SSSR count). The van der Waals surface area contributed by atoms with Crippen LogP contribution >= 0.6 is 34.8 Å². The topological polar surface area (TPSA) is 129 Å². The number of halogens is 3. The molecule has 0 aliphatic carbocycles. The third kappa shape index (κ3) is 3.58. The van der Waals surface area contributed by atoms with E-state index in [2.05, 4.69) is 0 Å². The minimum Gasteiger partial charge on any atom is -0.394 e. The number of aliphatic hydroxyl groups excluding tert-OH is 5. The van der Waals surface area contributed by atoms with Gasteiger partial charge < -0.3 is 39.7 Å². The van der Waals surface area contributed by atoms with E-state index in [-0.39, 0.29) is 5.88 Å². The molecule has 2 aliphatic rings. The van der Waals surface area contributed by atoms with Crippen LogP contribution in [0.2, 0.25) is 0 Å². The molecule has 0 saturated carbocycles. The Hall–Kier alpha value is 0.550. The van der Waals surface area contributed by atoms with Crippen LogP contribution in [0, 0.1) is 0 Å². The van der Waals surface area contributed by atoms with E-state index in [1.807, 2.05) is 0 Å². The molecule has 0 aromatic carbocycles. The number of alkyl halides is 3. The summed E-state index contributed by atoms with van der Waals surface area (Å²) in [5, 5.41) is 48.1. The average molecular weight is 398 g/mol. The van der Waals surface area contributed by atoms with Gasteiger partial charge in [-0.15, -0.1) is 34.8 Å². The Kier molecular flexibility index (Phi) is 6.77. The second-order valence-electron chi connectivity index (χ2n) is 5.46. The van der Waals surface area contributed by atoms with Crippen molar-refractivity contribution in [2.45, 2.75) is 54.1 Å². The average Bonchev–Trinajstić information content (AvgIpc) is 2.80. The molecule has 2 aliphatic heterocycles. The van der Waals surface area contributed by atoms with Gasteiger partial charge in [0.15, 0.2) is 6.29 Å². The summed E-state index contributed by atoms with van der Waals surface area (Å²) >= 11 is 17.3. The Morgan fingerprint density at radius 3 is 2.13 bits per heavy atom. The minimum atomic E-state index is -1.90. The molecular weight excluding hydrogens is 378 g/mol. The summed E-state index contributed by atoms with van der Waals surface area (Å²) < 4.78 is 16.1. The SMILES string of the molecule is OCC1OC(O[C@@]2(CCl)OC(CCl)C(O)C2O)C(O)C(O)C1Cl. The van der Waals surface area contributed by atoms with Gasteiger partial charge in [-0.1, -0.05) is 0 Å².